The van der Waals surface area contributed by atoms with E-state index < -0.39 is 17.6 Å². The fourth-order valence-electron chi connectivity index (χ4n) is 2.18. The number of rotatable bonds is 6. The second-order valence-corrected chi connectivity index (χ2v) is 5.22. The number of carbonyl (C=O) groups is 2. The van der Waals surface area contributed by atoms with E-state index in [-0.39, 0.29) is 35.8 Å². The van der Waals surface area contributed by atoms with Crippen molar-refractivity contribution < 1.29 is 28.6 Å². The zero-order chi connectivity index (χ0) is 19.3. The molecule has 2 rings (SSSR count). The highest BCUT2D eigenvalue weighted by atomic mass is 16.6. The summed E-state index contributed by atoms with van der Waals surface area (Å²) < 4.78 is 14.8. The van der Waals surface area contributed by atoms with Gasteiger partial charge in [0.1, 0.15) is 17.0 Å². The molecule has 0 saturated heterocycles. The number of phenols is 1. The minimum Gasteiger partial charge on any atom is -0.508 e. The van der Waals surface area contributed by atoms with Crippen LogP contribution in [0, 0.1) is 6.92 Å². The van der Waals surface area contributed by atoms with Gasteiger partial charge in [0.2, 0.25) is 0 Å². The first kappa shape index (κ1) is 19.0. The molecular weight excluding hydrogens is 342 g/mol. The highest BCUT2D eigenvalue weighted by Crippen LogP contribution is 2.26. The molecular formula is C18H19NO7. The summed E-state index contributed by atoms with van der Waals surface area (Å²) in [6, 6.07) is 4.53. The van der Waals surface area contributed by atoms with Crippen molar-refractivity contribution in [2.75, 3.05) is 18.5 Å². The van der Waals surface area contributed by atoms with Crippen LogP contribution in [-0.4, -0.2) is 30.3 Å². The number of ether oxygens (including phenoxy) is 2. The standard InChI is InChI=1S/C18H19NO7/c1-4-24-16(21)12(17(22)25-5-2)9-19-13-8-11-6-7-14(20)10(3)15(11)26-18(13)23/h6-9,19-20H,4-5H2,1-3H3. The number of anilines is 1. The lowest BCUT2D eigenvalue weighted by atomic mass is 10.1. The Bertz CT molecular complexity index is 907. The van der Waals surface area contributed by atoms with E-state index in [9.17, 15) is 19.5 Å². The number of nitrogens with one attached hydrogen (secondary N) is 1. The zero-order valence-corrected chi connectivity index (χ0v) is 14.6. The molecule has 1 aromatic heterocycles. The van der Waals surface area contributed by atoms with Gasteiger partial charge in [0.25, 0.3) is 0 Å². The van der Waals surface area contributed by atoms with Crippen molar-refractivity contribution >= 4 is 28.6 Å². The first-order valence-corrected chi connectivity index (χ1v) is 7.96. The molecule has 2 N–H and O–H groups in total. The second-order valence-electron chi connectivity index (χ2n) is 5.22. The molecule has 0 spiro atoms. The molecule has 0 unspecified atom stereocenters. The minimum absolute atomic E-state index is 0.00756. The summed E-state index contributed by atoms with van der Waals surface area (Å²) in [4.78, 5) is 35.9. The molecule has 1 heterocycles. The largest absolute Gasteiger partial charge is 0.508 e. The van der Waals surface area contributed by atoms with Crippen LogP contribution >= 0.6 is 0 Å². The number of aromatic hydroxyl groups is 1. The van der Waals surface area contributed by atoms with Crippen LogP contribution in [0.3, 0.4) is 0 Å². The minimum atomic E-state index is -0.871. The van der Waals surface area contributed by atoms with Gasteiger partial charge in [-0.05, 0) is 39.0 Å². The van der Waals surface area contributed by atoms with Gasteiger partial charge in [-0.15, -0.1) is 0 Å². The Kier molecular flexibility index (Phi) is 6.00. The number of hydrogen-bond acceptors (Lipinski definition) is 8. The van der Waals surface area contributed by atoms with Crippen molar-refractivity contribution in [2.24, 2.45) is 0 Å². The number of hydrogen-bond donors (Lipinski definition) is 2. The first-order chi connectivity index (χ1) is 12.4. The van der Waals surface area contributed by atoms with Crippen molar-refractivity contribution in [1.29, 1.82) is 0 Å². The number of benzene rings is 1. The molecule has 8 nitrogen and oxygen atoms in total. The Morgan fingerprint density at radius 3 is 2.38 bits per heavy atom. The Balaban J connectivity index is 2.41. The topological polar surface area (TPSA) is 115 Å². The maximum Gasteiger partial charge on any atom is 0.360 e. The highest BCUT2D eigenvalue weighted by molar-refractivity contribution is 6.14. The summed E-state index contributed by atoms with van der Waals surface area (Å²) in [5, 5.41) is 12.8. The third-order valence-electron chi connectivity index (χ3n) is 3.48. The quantitative estimate of drug-likeness (QED) is 0.265. The molecule has 0 amide bonds. The van der Waals surface area contributed by atoms with Gasteiger partial charge in [0.15, 0.2) is 5.57 Å². The molecule has 0 aliphatic carbocycles. The maximum absolute atomic E-state index is 12.1. The van der Waals surface area contributed by atoms with E-state index in [0.717, 1.165) is 6.20 Å². The van der Waals surface area contributed by atoms with Crippen LogP contribution < -0.4 is 10.9 Å². The number of aryl methyl sites for hydroxylation is 1. The fraction of sp³-hybridized carbons (Fsp3) is 0.278. The monoisotopic (exact) mass is 361 g/mol. The summed E-state index contributed by atoms with van der Waals surface area (Å²) in [5.41, 5.74) is -0.417. The number of phenolic OH excluding ortho intramolecular Hbond substituents is 1. The van der Waals surface area contributed by atoms with E-state index in [2.05, 4.69) is 5.32 Å². The van der Waals surface area contributed by atoms with Crippen molar-refractivity contribution in [3.8, 4) is 5.75 Å². The molecule has 0 bridgehead atoms. The zero-order valence-electron chi connectivity index (χ0n) is 14.6. The molecule has 0 fully saturated rings. The maximum atomic E-state index is 12.1. The van der Waals surface area contributed by atoms with Gasteiger partial charge >= 0.3 is 17.6 Å². The van der Waals surface area contributed by atoms with Gasteiger partial charge in [-0.2, -0.15) is 0 Å². The molecule has 1 aromatic carbocycles. The van der Waals surface area contributed by atoms with Crippen molar-refractivity contribution in [1.82, 2.24) is 0 Å². The van der Waals surface area contributed by atoms with E-state index in [4.69, 9.17) is 13.9 Å². The summed E-state index contributed by atoms with van der Waals surface area (Å²) in [7, 11) is 0. The molecule has 0 saturated carbocycles. The summed E-state index contributed by atoms with van der Waals surface area (Å²) in [6.07, 6.45) is 1.04. The smallest absolute Gasteiger partial charge is 0.360 e. The molecule has 0 aliphatic heterocycles. The third kappa shape index (κ3) is 4.02. The lowest BCUT2D eigenvalue weighted by Crippen LogP contribution is -2.20. The van der Waals surface area contributed by atoms with Gasteiger partial charge < -0.3 is 24.3 Å². The van der Waals surface area contributed by atoms with Gasteiger partial charge in [-0.3, -0.25) is 0 Å². The molecule has 138 valence electrons. The number of esters is 2. The summed E-state index contributed by atoms with van der Waals surface area (Å²) in [6.45, 7) is 4.98. The van der Waals surface area contributed by atoms with Gasteiger partial charge in [-0.25, -0.2) is 14.4 Å². The highest BCUT2D eigenvalue weighted by Gasteiger charge is 2.21. The third-order valence-corrected chi connectivity index (χ3v) is 3.48. The first-order valence-electron chi connectivity index (χ1n) is 7.96. The molecule has 26 heavy (non-hydrogen) atoms. The van der Waals surface area contributed by atoms with Crippen LogP contribution in [0.1, 0.15) is 19.4 Å². The van der Waals surface area contributed by atoms with E-state index in [1.54, 1.807) is 26.8 Å². The summed E-state index contributed by atoms with van der Waals surface area (Å²) >= 11 is 0. The molecule has 0 radical (unpaired) electrons. The van der Waals surface area contributed by atoms with Gasteiger partial charge in [0.05, 0.1) is 13.2 Å². The second kappa shape index (κ2) is 8.19. The van der Waals surface area contributed by atoms with Crippen LogP contribution in [0.4, 0.5) is 5.69 Å². The normalized spacial score (nSPS) is 10.3. The van der Waals surface area contributed by atoms with E-state index >= 15 is 0 Å². The lowest BCUT2D eigenvalue weighted by Gasteiger charge is -2.08. The van der Waals surface area contributed by atoms with Gasteiger partial charge in [0, 0.05) is 17.1 Å². The van der Waals surface area contributed by atoms with Gasteiger partial charge in [-0.1, -0.05) is 0 Å². The van der Waals surface area contributed by atoms with Crippen LogP contribution in [0.5, 0.6) is 5.75 Å². The van der Waals surface area contributed by atoms with Crippen LogP contribution in [0.25, 0.3) is 11.0 Å². The van der Waals surface area contributed by atoms with Crippen LogP contribution in [-0.2, 0) is 19.1 Å². The Labute approximate surface area is 149 Å². The molecule has 8 heteroatoms. The number of carbonyl (C=O) groups excluding carboxylic acids is 2. The van der Waals surface area contributed by atoms with E-state index in [1.807, 2.05) is 0 Å². The number of fused-ring (bicyclic) bond motifs is 1. The summed E-state index contributed by atoms with van der Waals surface area (Å²) in [5.74, 6) is -1.73. The van der Waals surface area contributed by atoms with Crippen LogP contribution in [0.2, 0.25) is 0 Å². The predicted octanol–water partition coefficient (Wildman–Crippen LogP) is 2.23. The fourth-order valence-corrected chi connectivity index (χ4v) is 2.18. The lowest BCUT2D eigenvalue weighted by molar-refractivity contribution is -0.146. The Morgan fingerprint density at radius 1 is 1.19 bits per heavy atom. The average molecular weight is 361 g/mol. The Hall–Kier alpha value is -3.29. The van der Waals surface area contributed by atoms with Crippen molar-refractivity contribution in [2.45, 2.75) is 20.8 Å². The average Bonchev–Trinajstić information content (AvgIpc) is 2.60. The van der Waals surface area contributed by atoms with E-state index in [1.165, 1.54) is 12.1 Å². The molecule has 0 atom stereocenters. The van der Waals surface area contributed by atoms with Crippen molar-refractivity contribution in [3.05, 3.63) is 46.0 Å². The SMILES string of the molecule is CCOC(=O)C(=CNc1cc2ccc(O)c(C)c2oc1=O)C(=O)OCC. The molecule has 0 aliphatic rings. The molecule has 2 aromatic rings. The predicted molar refractivity (Wildman–Crippen MR) is 93.9 cm³/mol. The van der Waals surface area contributed by atoms with Crippen molar-refractivity contribution in [3.63, 3.8) is 0 Å². The van der Waals surface area contributed by atoms with Crippen LogP contribution in [0.15, 0.2) is 39.2 Å². The Morgan fingerprint density at radius 2 is 1.81 bits per heavy atom. The van der Waals surface area contributed by atoms with E-state index in [0.29, 0.717) is 10.9 Å².